The van der Waals surface area contributed by atoms with Crippen LogP contribution in [0.5, 0.6) is 0 Å². The Morgan fingerprint density at radius 2 is 1.89 bits per heavy atom. The van der Waals surface area contributed by atoms with Crippen molar-refractivity contribution in [2.24, 2.45) is 0 Å². The molecule has 1 saturated heterocycles. The molecule has 5 nitrogen and oxygen atoms in total. The highest BCUT2D eigenvalue weighted by atomic mass is 16.3. The smallest absolute Gasteiger partial charge is 0.222 e. The Morgan fingerprint density at radius 3 is 2.44 bits per heavy atom. The molecule has 1 aliphatic heterocycles. The summed E-state index contributed by atoms with van der Waals surface area (Å²) < 4.78 is 0. The molecule has 3 rings (SSSR count). The van der Waals surface area contributed by atoms with E-state index in [4.69, 9.17) is 0 Å². The molecule has 0 bridgehead atoms. The molecule has 0 unspecified atom stereocenters. The predicted molar refractivity (Wildman–Crippen MR) is 106 cm³/mol. The molecular formula is C22H30N2O3. The van der Waals surface area contributed by atoms with Gasteiger partial charge in [-0.1, -0.05) is 44.2 Å². The molecule has 1 heterocycles. The first kappa shape index (κ1) is 19.6. The summed E-state index contributed by atoms with van der Waals surface area (Å²) in [6.07, 6.45) is 6.63. The zero-order chi connectivity index (χ0) is 19.4. The lowest BCUT2D eigenvalue weighted by atomic mass is 9.74. The second kappa shape index (κ2) is 8.70. The third-order valence-corrected chi connectivity index (χ3v) is 5.86. The minimum absolute atomic E-state index is 0.0198. The predicted octanol–water partition coefficient (Wildman–Crippen LogP) is 2.85. The lowest BCUT2D eigenvalue weighted by Gasteiger charge is -2.55. The lowest BCUT2D eigenvalue weighted by molar-refractivity contribution is -0.150. The van der Waals surface area contributed by atoms with Crippen LogP contribution in [0.25, 0.3) is 5.57 Å². The third kappa shape index (κ3) is 3.93. The molecule has 146 valence electrons. The van der Waals surface area contributed by atoms with Gasteiger partial charge >= 0.3 is 0 Å². The fraction of sp³-hybridized carbons (Fsp3) is 0.545. The molecule has 1 aromatic carbocycles. The molecule has 27 heavy (non-hydrogen) atoms. The maximum Gasteiger partial charge on any atom is 0.222 e. The van der Waals surface area contributed by atoms with Gasteiger partial charge in [0, 0.05) is 25.3 Å². The molecule has 5 heteroatoms. The van der Waals surface area contributed by atoms with Crippen LogP contribution in [0, 0.1) is 0 Å². The number of carbonyl (C=O) groups is 2. The van der Waals surface area contributed by atoms with Gasteiger partial charge in [0.2, 0.25) is 11.8 Å². The van der Waals surface area contributed by atoms with Crippen LogP contribution in [0.2, 0.25) is 0 Å². The van der Waals surface area contributed by atoms with Crippen molar-refractivity contribution in [2.45, 2.75) is 64.0 Å². The summed E-state index contributed by atoms with van der Waals surface area (Å²) in [5, 5.41) is 12.8. The second-order valence-electron chi connectivity index (χ2n) is 7.40. The molecule has 2 aliphatic rings. The van der Waals surface area contributed by atoms with Crippen molar-refractivity contribution in [3.8, 4) is 0 Å². The van der Waals surface area contributed by atoms with E-state index in [2.05, 4.69) is 35.7 Å². The molecule has 1 aliphatic carbocycles. The zero-order valence-electron chi connectivity index (χ0n) is 16.3. The van der Waals surface area contributed by atoms with E-state index in [0.717, 1.165) is 18.4 Å². The number of benzene rings is 1. The number of hydrogen-bond donors (Lipinski definition) is 2. The fourth-order valence-corrected chi connectivity index (χ4v) is 4.37. The minimum Gasteiger partial charge on any atom is -0.394 e. The molecule has 2 amide bonds. The summed E-state index contributed by atoms with van der Waals surface area (Å²) in [4.78, 5) is 25.9. The number of aliphatic hydroxyl groups excluding tert-OH is 1. The SMILES string of the molecule is CCC(=O)NC[C@H]1[C@@H](c2ccc(C3=CCCC3)cc2)[C@@H](CO)N1C(=O)CC. The standard InChI is InChI=1S/C22H30N2O3/c1-3-20(26)23-13-18-22(19(14-25)24(18)21(27)4-2)17-11-9-16(10-12-17)15-7-5-6-8-15/h7,9-12,18-19,22,25H,3-6,8,13-14H2,1-2H3,(H,23,26)/t18-,19+,22+/m0/s1. The van der Waals surface area contributed by atoms with Gasteiger partial charge in [0.15, 0.2) is 0 Å². The fourth-order valence-electron chi connectivity index (χ4n) is 4.37. The van der Waals surface area contributed by atoms with Gasteiger partial charge in [0.1, 0.15) is 0 Å². The van der Waals surface area contributed by atoms with Crippen LogP contribution in [0.15, 0.2) is 30.3 Å². The maximum atomic E-state index is 12.4. The highest BCUT2D eigenvalue weighted by Gasteiger charge is 2.50. The third-order valence-electron chi connectivity index (χ3n) is 5.86. The van der Waals surface area contributed by atoms with E-state index in [1.807, 2.05) is 13.8 Å². The van der Waals surface area contributed by atoms with Crippen LogP contribution in [0.4, 0.5) is 0 Å². The number of amides is 2. The van der Waals surface area contributed by atoms with Gasteiger partial charge < -0.3 is 15.3 Å². The van der Waals surface area contributed by atoms with Gasteiger partial charge in [-0.05, 0) is 36.0 Å². The van der Waals surface area contributed by atoms with E-state index < -0.39 is 0 Å². The molecule has 1 aromatic rings. The monoisotopic (exact) mass is 370 g/mol. The first-order valence-corrected chi connectivity index (χ1v) is 10.1. The summed E-state index contributed by atoms with van der Waals surface area (Å²) in [5.41, 5.74) is 3.78. The van der Waals surface area contributed by atoms with E-state index in [0.29, 0.717) is 19.4 Å². The van der Waals surface area contributed by atoms with Crippen molar-refractivity contribution in [2.75, 3.05) is 13.2 Å². The molecule has 0 saturated carbocycles. The van der Waals surface area contributed by atoms with Crippen LogP contribution >= 0.6 is 0 Å². The second-order valence-corrected chi connectivity index (χ2v) is 7.40. The highest BCUT2D eigenvalue weighted by molar-refractivity contribution is 5.79. The largest absolute Gasteiger partial charge is 0.394 e. The van der Waals surface area contributed by atoms with Crippen LogP contribution in [0.1, 0.15) is 63.0 Å². The maximum absolute atomic E-state index is 12.4. The number of carbonyl (C=O) groups excluding carboxylic acids is 2. The van der Waals surface area contributed by atoms with Crippen LogP contribution in [-0.2, 0) is 9.59 Å². The molecule has 2 N–H and O–H groups in total. The normalized spacial score (nSPS) is 24.3. The van der Waals surface area contributed by atoms with Gasteiger partial charge in [-0.3, -0.25) is 9.59 Å². The molecule has 1 fully saturated rings. The molecular weight excluding hydrogens is 340 g/mol. The Hall–Kier alpha value is -2.14. The first-order valence-electron chi connectivity index (χ1n) is 10.1. The number of allylic oxidation sites excluding steroid dienone is 2. The Balaban J connectivity index is 1.81. The van der Waals surface area contributed by atoms with Gasteiger partial charge in [0.05, 0.1) is 18.7 Å². The Morgan fingerprint density at radius 1 is 1.15 bits per heavy atom. The van der Waals surface area contributed by atoms with Gasteiger partial charge in [0.25, 0.3) is 0 Å². The van der Waals surface area contributed by atoms with E-state index in [1.165, 1.54) is 17.6 Å². The van der Waals surface area contributed by atoms with E-state index in [1.54, 1.807) is 4.90 Å². The molecule has 0 aromatic heterocycles. The van der Waals surface area contributed by atoms with Gasteiger partial charge in [-0.2, -0.15) is 0 Å². The summed E-state index contributed by atoms with van der Waals surface area (Å²) in [7, 11) is 0. The lowest BCUT2D eigenvalue weighted by Crippen LogP contribution is -2.68. The average Bonchev–Trinajstić information content (AvgIpc) is 3.22. The first-order chi connectivity index (χ1) is 13.1. The number of nitrogens with one attached hydrogen (secondary N) is 1. The highest BCUT2D eigenvalue weighted by Crippen LogP contribution is 2.41. The van der Waals surface area contributed by atoms with Crippen LogP contribution in [0.3, 0.4) is 0 Å². The zero-order valence-corrected chi connectivity index (χ0v) is 16.3. The minimum atomic E-state index is -0.225. The number of nitrogens with zero attached hydrogens (tertiary/aromatic N) is 1. The summed E-state index contributed by atoms with van der Waals surface area (Å²) in [6, 6.07) is 8.19. The van der Waals surface area contributed by atoms with Crippen molar-refractivity contribution in [1.82, 2.24) is 10.2 Å². The van der Waals surface area contributed by atoms with E-state index in [-0.39, 0.29) is 36.4 Å². The summed E-state index contributed by atoms with van der Waals surface area (Å²) in [6.45, 7) is 4.00. The van der Waals surface area contributed by atoms with Crippen molar-refractivity contribution in [3.05, 3.63) is 41.5 Å². The van der Waals surface area contributed by atoms with Crippen LogP contribution in [-0.4, -0.2) is 47.1 Å². The topological polar surface area (TPSA) is 69.6 Å². The molecule has 0 spiro atoms. The van der Waals surface area contributed by atoms with Crippen LogP contribution < -0.4 is 5.32 Å². The Bertz CT molecular complexity index is 711. The van der Waals surface area contributed by atoms with E-state index >= 15 is 0 Å². The van der Waals surface area contributed by atoms with Crippen molar-refractivity contribution in [1.29, 1.82) is 0 Å². The van der Waals surface area contributed by atoms with E-state index in [9.17, 15) is 14.7 Å². The molecule has 0 radical (unpaired) electrons. The number of likely N-dealkylation sites (tertiary alicyclic amines) is 1. The average molecular weight is 370 g/mol. The molecule has 3 atom stereocenters. The summed E-state index contributed by atoms with van der Waals surface area (Å²) in [5.74, 6) is 0.0386. The Kier molecular flexibility index (Phi) is 6.32. The number of rotatable bonds is 7. The quantitative estimate of drug-likeness (QED) is 0.775. The van der Waals surface area contributed by atoms with Gasteiger partial charge in [-0.15, -0.1) is 0 Å². The van der Waals surface area contributed by atoms with Crippen molar-refractivity contribution < 1.29 is 14.7 Å². The number of hydrogen-bond acceptors (Lipinski definition) is 3. The summed E-state index contributed by atoms with van der Waals surface area (Å²) >= 11 is 0. The van der Waals surface area contributed by atoms with Crippen molar-refractivity contribution >= 4 is 17.4 Å². The van der Waals surface area contributed by atoms with Gasteiger partial charge in [-0.25, -0.2) is 0 Å². The Labute approximate surface area is 161 Å². The number of aliphatic hydroxyl groups is 1. The van der Waals surface area contributed by atoms with Crippen molar-refractivity contribution in [3.63, 3.8) is 0 Å².